The van der Waals surface area contributed by atoms with Gasteiger partial charge in [-0.05, 0) is 36.4 Å². The molecule has 0 saturated carbocycles. The molecular formula is C17H12FN3OS. The van der Waals surface area contributed by atoms with Gasteiger partial charge in [-0.25, -0.2) is 9.37 Å². The topological polar surface area (TPSA) is 72.7 Å². The van der Waals surface area contributed by atoms with Gasteiger partial charge in [0.25, 0.3) is 0 Å². The van der Waals surface area contributed by atoms with Crippen LogP contribution in [0.25, 0.3) is 16.6 Å². The summed E-state index contributed by atoms with van der Waals surface area (Å²) >= 11 is 1.32. The Balaban J connectivity index is 1.84. The molecule has 0 aliphatic carbocycles. The maximum Gasteiger partial charge on any atom is 0.152 e. The van der Waals surface area contributed by atoms with Crippen molar-refractivity contribution < 1.29 is 9.50 Å². The average Bonchev–Trinajstić information content (AvgIpc) is 2.98. The third kappa shape index (κ3) is 3.35. The molecule has 1 heterocycles. The van der Waals surface area contributed by atoms with Crippen LogP contribution in [0.15, 0.2) is 59.2 Å². The molecule has 1 aromatic heterocycles. The van der Waals surface area contributed by atoms with Gasteiger partial charge >= 0.3 is 0 Å². The molecule has 3 rings (SSSR count). The molecule has 4 nitrogen and oxygen atoms in total. The van der Waals surface area contributed by atoms with Crippen LogP contribution < -0.4 is 0 Å². The standard InChI is InChI=1S/C17H12FN3OS/c18-11-5-7-12(8-6-11)23-10-16(22)13(9-19)17-20-14-3-1-2-4-15(14)21-17/h1-8,22H,10H2,(H,20,21)/b16-13-. The van der Waals surface area contributed by atoms with Crippen LogP contribution in [0.4, 0.5) is 4.39 Å². The van der Waals surface area contributed by atoms with Crippen molar-refractivity contribution in [1.29, 1.82) is 5.26 Å². The van der Waals surface area contributed by atoms with Crippen molar-refractivity contribution in [3.8, 4) is 6.07 Å². The van der Waals surface area contributed by atoms with Crippen LogP contribution in [0, 0.1) is 17.1 Å². The number of hydrogen-bond donors (Lipinski definition) is 2. The maximum atomic E-state index is 12.9. The summed E-state index contributed by atoms with van der Waals surface area (Å²) in [6.07, 6.45) is 0. The summed E-state index contributed by atoms with van der Waals surface area (Å²) in [4.78, 5) is 8.15. The van der Waals surface area contributed by atoms with Crippen LogP contribution in [0.3, 0.4) is 0 Å². The number of nitriles is 1. The Morgan fingerprint density at radius 2 is 1.96 bits per heavy atom. The summed E-state index contributed by atoms with van der Waals surface area (Å²) in [5, 5.41) is 19.5. The minimum Gasteiger partial charge on any atom is -0.510 e. The first-order chi connectivity index (χ1) is 11.2. The number of benzene rings is 2. The largest absolute Gasteiger partial charge is 0.510 e. The number of thioether (sulfide) groups is 1. The SMILES string of the molecule is N#C/C(=C(/O)CSc1ccc(F)cc1)c1nc2ccccc2[nH]1. The smallest absolute Gasteiger partial charge is 0.152 e. The number of fused-ring (bicyclic) bond motifs is 1. The number of para-hydroxylation sites is 2. The highest BCUT2D eigenvalue weighted by molar-refractivity contribution is 7.99. The molecule has 3 aromatic rings. The first-order valence-electron chi connectivity index (χ1n) is 6.83. The number of allylic oxidation sites excluding steroid dienone is 1. The Kier molecular flexibility index (Phi) is 4.31. The molecule has 0 amide bonds. The zero-order valence-corrected chi connectivity index (χ0v) is 12.8. The highest BCUT2D eigenvalue weighted by Gasteiger charge is 2.13. The van der Waals surface area contributed by atoms with Gasteiger partial charge in [-0.2, -0.15) is 5.26 Å². The quantitative estimate of drug-likeness (QED) is 0.426. The van der Waals surface area contributed by atoms with Gasteiger partial charge in [-0.1, -0.05) is 12.1 Å². The molecule has 23 heavy (non-hydrogen) atoms. The maximum absolute atomic E-state index is 12.9. The van der Waals surface area contributed by atoms with E-state index in [2.05, 4.69) is 9.97 Å². The summed E-state index contributed by atoms with van der Waals surface area (Å²) < 4.78 is 12.9. The zero-order valence-electron chi connectivity index (χ0n) is 12.0. The summed E-state index contributed by atoms with van der Waals surface area (Å²) in [6.45, 7) is 0. The van der Waals surface area contributed by atoms with E-state index in [1.54, 1.807) is 12.1 Å². The number of nitrogens with zero attached hydrogens (tertiary/aromatic N) is 2. The number of aliphatic hydroxyl groups is 1. The number of aromatic amines is 1. The normalized spacial score (nSPS) is 12.0. The number of H-pyrrole nitrogens is 1. The van der Waals surface area contributed by atoms with E-state index in [4.69, 9.17) is 0 Å². The fourth-order valence-electron chi connectivity index (χ4n) is 2.08. The number of aliphatic hydroxyl groups excluding tert-OH is 1. The lowest BCUT2D eigenvalue weighted by atomic mass is 10.2. The third-order valence-electron chi connectivity index (χ3n) is 3.22. The molecule has 0 atom stereocenters. The summed E-state index contributed by atoms with van der Waals surface area (Å²) in [7, 11) is 0. The van der Waals surface area contributed by atoms with Crippen LogP contribution in [0.5, 0.6) is 0 Å². The summed E-state index contributed by atoms with van der Waals surface area (Å²) in [5.74, 6) is 0.159. The van der Waals surface area contributed by atoms with Crippen molar-refractivity contribution in [2.24, 2.45) is 0 Å². The lowest BCUT2D eigenvalue weighted by molar-refractivity contribution is 0.420. The van der Waals surface area contributed by atoms with E-state index in [-0.39, 0.29) is 22.9 Å². The molecule has 0 radical (unpaired) electrons. The fourth-order valence-corrected chi connectivity index (χ4v) is 2.86. The monoisotopic (exact) mass is 325 g/mol. The lowest BCUT2D eigenvalue weighted by Crippen LogP contribution is -1.95. The molecule has 0 bridgehead atoms. The van der Waals surface area contributed by atoms with Crippen molar-refractivity contribution in [2.75, 3.05) is 5.75 Å². The van der Waals surface area contributed by atoms with Gasteiger partial charge in [0.2, 0.25) is 0 Å². The Morgan fingerprint density at radius 3 is 2.65 bits per heavy atom. The molecule has 6 heteroatoms. The van der Waals surface area contributed by atoms with E-state index < -0.39 is 0 Å². The molecule has 0 aliphatic heterocycles. The molecule has 2 N–H and O–H groups in total. The van der Waals surface area contributed by atoms with Crippen LogP contribution >= 0.6 is 11.8 Å². The van der Waals surface area contributed by atoms with Crippen molar-refractivity contribution in [3.63, 3.8) is 0 Å². The van der Waals surface area contributed by atoms with Crippen LogP contribution in [0.1, 0.15) is 5.82 Å². The van der Waals surface area contributed by atoms with E-state index >= 15 is 0 Å². The second-order valence-electron chi connectivity index (χ2n) is 4.78. The lowest BCUT2D eigenvalue weighted by Gasteiger charge is -2.03. The second-order valence-corrected chi connectivity index (χ2v) is 5.83. The number of imidazole rings is 1. The molecule has 114 valence electrons. The third-order valence-corrected chi connectivity index (χ3v) is 4.24. The van der Waals surface area contributed by atoms with Gasteiger partial charge in [0.1, 0.15) is 23.2 Å². The van der Waals surface area contributed by atoms with Crippen LogP contribution in [-0.2, 0) is 0 Å². The Morgan fingerprint density at radius 1 is 1.22 bits per heavy atom. The Hall–Kier alpha value is -2.78. The van der Waals surface area contributed by atoms with Crippen molar-refractivity contribution in [2.45, 2.75) is 4.90 Å². The molecule has 0 spiro atoms. The molecule has 0 fully saturated rings. The predicted molar refractivity (Wildman–Crippen MR) is 88.4 cm³/mol. The number of halogens is 1. The average molecular weight is 325 g/mol. The zero-order chi connectivity index (χ0) is 16.2. The summed E-state index contributed by atoms with van der Waals surface area (Å²) in [6, 6.07) is 15.3. The number of rotatable bonds is 4. The van der Waals surface area contributed by atoms with E-state index in [0.29, 0.717) is 5.82 Å². The van der Waals surface area contributed by atoms with Crippen molar-refractivity contribution >= 4 is 28.4 Å². The minimum atomic E-state index is -0.311. The fraction of sp³-hybridized carbons (Fsp3) is 0.0588. The van der Waals surface area contributed by atoms with E-state index in [1.165, 1.54) is 23.9 Å². The van der Waals surface area contributed by atoms with Gasteiger partial charge in [-0.15, -0.1) is 11.8 Å². The van der Waals surface area contributed by atoms with Crippen LogP contribution in [-0.4, -0.2) is 20.8 Å². The van der Waals surface area contributed by atoms with Gasteiger partial charge in [0, 0.05) is 4.90 Å². The minimum absolute atomic E-state index is 0.0686. The van der Waals surface area contributed by atoms with Gasteiger partial charge in [0.15, 0.2) is 5.82 Å². The Labute approximate surface area is 136 Å². The van der Waals surface area contributed by atoms with Gasteiger partial charge in [0.05, 0.1) is 16.8 Å². The first kappa shape index (κ1) is 15.1. The summed E-state index contributed by atoms with van der Waals surface area (Å²) in [5.41, 5.74) is 1.64. The van der Waals surface area contributed by atoms with Gasteiger partial charge in [-0.3, -0.25) is 0 Å². The molecule has 0 unspecified atom stereocenters. The second kappa shape index (κ2) is 6.55. The number of aromatic nitrogens is 2. The molecule has 0 saturated heterocycles. The van der Waals surface area contributed by atoms with Crippen molar-refractivity contribution in [3.05, 3.63) is 65.9 Å². The number of hydrogen-bond acceptors (Lipinski definition) is 4. The highest BCUT2D eigenvalue weighted by Crippen LogP contribution is 2.24. The van der Waals surface area contributed by atoms with E-state index in [0.717, 1.165) is 15.9 Å². The van der Waals surface area contributed by atoms with E-state index in [1.807, 2.05) is 30.3 Å². The molecule has 2 aromatic carbocycles. The van der Waals surface area contributed by atoms with Gasteiger partial charge < -0.3 is 10.1 Å². The predicted octanol–water partition coefficient (Wildman–Crippen LogP) is 4.29. The van der Waals surface area contributed by atoms with E-state index in [9.17, 15) is 14.8 Å². The molecular weight excluding hydrogens is 313 g/mol. The van der Waals surface area contributed by atoms with Crippen molar-refractivity contribution in [1.82, 2.24) is 9.97 Å². The Bertz CT molecular complexity index is 876. The highest BCUT2D eigenvalue weighted by atomic mass is 32.2. The van der Waals surface area contributed by atoms with Crippen LogP contribution in [0.2, 0.25) is 0 Å². The number of nitrogens with one attached hydrogen (secondary N) is 1. The molecule has 0 aliphatic rings. The first-order valence-corrected chi connectivity index (χ1v) is 7.81.